The van der Waals surface area contributed by atoms with Crippen LogP contribution in [0.2, 0.25) is 10.0 Å². The summed E-state index contributed by atoms with van der Waals surface area (Å²) < 4.78 is 5.01. The van der Waals surface area contributed by atoms with Crippen LogP contribution in [-0.2, 0) is 16.0 Å². The van der Waals surface area contributed by atoms with E-state index < -0.39 is 0 Å². The maximum Gasteiger partial charge on any atom is 0.137 e. The van der Waals surface area contributed by atoms with Crippen molar-refractivity contribution < 1.29 is 9.53 Å². The number of rotatable bonds is 12. The Morgan fingerprint density at radius 2 is 1.74 bits per heavy atom. The Labute approximate surface area is 178 Å². The van der Waals surface area contributed by atoms with Crippen molar-refractivity contribution in [1.82, 2.24) is 0 Å². The minimum Gasteiger partial charge on any atom is -0.384 e. The largest absolute Gasteiger partial charge is 0.384 e. The molecule has 2 aromatic rings. The van der Waals surface area contributed by atoms with Crippen LogP contribution in [0.1, 0.15) is 18.4 Å². The van der Waals surface area contributed by atoms with Gasteiger partial charge in [0.05, 0.1) is 22.3 Å². The Bertz CT molecular complexity index is 723. The molecule has 0 aromatic heterocycles. The molecule has 0 saturated heterocycles. The normalized spacial score (nSPS) is 10.8. The van der Waals surface area contributed by atoms with Gasteiger partial charge in [-0.05, 0) is 30.2 Å². The molecule has 3 nitrogen and oxygen atoms in total. The van der Waals surface area contributed by atoms with Crippen LogP contribution in [0, 0.1) is 0 Å². The zero-order chi connectivity index (χ0) is 19.5. The number of carbonyl (C=O) groups is 1. The molecule has 0 spiro atoms. The first-order valence-corrected chi connectivity index (χ1v) is 11.9. The number of hydrogen-bond donors (Lipinski definition) is 1. The summed E-state index contributed by atoms with van der Waals surface area (Å²) in [5.41, 5.74) is 2.45. The molecule has 2 aromatic carbocycles. The Kier molecular flexibility index (Phi) is 10.5. The molecule has 2 rings (SSSR count). The van der Waals surface area contributed by atoms with Gasteiger partial charge in [0.25, 0.3) is 0 Å². The standard InChI is InChI=1S/C20H23Cl2NO2S2/c1-25-11-13-27-26-12-5-7-16(24)14-15-6-2-3-10-19(15)23-20-17(21)8-4-9-18(20)22/h2-4,6,8-10,23H,5,7,11-14H2,1H3. The van der Waals surface area contributed by atoms with Crippen LogP contribution in [0.25, 0.3) is 0 Å². The maximum atomic E-state index is 12.4. The van der Waals surface area contributed by atoms with E-state index in [4.69, 9.17) is 27.9 Å². The highest BCUT2D eigenvalue weighted by Gasteiger charge is 2.11. The number of anilines is 2. The number of nitrogens with one attached hydrogen (secondary N) is 1. The number of halogens is 2. The van der Waals surface area contributed by atoms with Gasteiger partial charge in [0.15, 0.2) is 0 Å². The molecule has 146 valence electrons. The van der Waals surface area contributed by atoms with E-state index in [9.17, 15) is 4.79 Å². The Balaban J connectivity index is 1.87. The van der Waals surface area contributed by atoms with Crippen molar-refractivity contribution >= 4 is 61.9 Å². The van der Waals surface area contributed by atoms with Crippen molar-refractivity contribution in [2.24, 2.45) is 0 Å². The third-order valence-corrected chi connectivity index (χ3v) is 6.85. The van der Waals surface area contributed by atoms with Crippen LogP contribution in [0.3, 0.4) is 0 Å². The number of methoxy groups -OCH3 is 1. The third-order valence-electron chi connectivity index (χ3n) is 3.76. The first kappa shape index (κ1) is 22.4. The van der Waals surface area contributed by atoms with Gasteiger partial charge in [0.2, 0.25) is 0 Å². The molecule has 0 bridgehead atoms. The highest BCUT2D eigenvalue weighted by Crippen LogP contribution is 2.33. The summed E-state index contributed by atoms with van der Waals surface area (Å²) in [6.07, 6.45) is 1.86. The first-order valence-electron chi connectivity index (χ1n) is 8.66. The lowest BCUT2D eigenvalue weighted by atomic mass is 10.0. The van der Waals surface area contributed by atoms with Crippen LogP contribution >= 0.6 is 44.8 Å². The molecular formula is C20H23Cl2NO2S2. The van der Waals surface area contributed by atoms with Crippen molar-refractivity contribution in [2.45, 2.75) is 19.3 Å². The number of para-hydroxylation sites is 2. The molecule has 0 aliphatic carbocycles. The van der Waals surface area contributed by atoms with Gasteiger partial charge in [0, 0.05) is 37.1 Å². The van der Waals surface area contributed by atoms with E-state index in [1.54, 1.807) is 46.9 Å². The molecule has 1 N–H and O–H groups in total. The fourth-order valence-electron chi connectivity index (χ4n) is 2.41. The fraction of sp³-hybridized carbons (Fsp3) is 0.350. The van der Waals surface area contributed by atoms with E-state index >= 15 is 0 Å². The summed E-state index contributed by atoms with van der Waals surface area (Å²) in [5, 5.41) is 4.37. The molecule has 0 heterocycles. The smallest absolute Gasteiger partial charge is 0.137 e. The number of Topliss-reactive ketones (excluding diaryl/α,β-unsaturated/α-hetero) is 1. The zero-order valence-corrected chi connectivity index (χ0v) is 18.3. The first-order chi connectivity index (χ1) is 13.1. The minimum atomic E-state index is 0.233. The second-order valence-corrected chi connectivity index (χ2v) is 9.35. The van der Waals surface area contributed by atoms with Crippen LogP contribution in [0.4, 0.5) is 11.4 Å². The SMILES string of the molecule is COCCSSCCCC(=O)Cc1ccccc1Nc1c(Cl)cccc1Cl. The van der Waals surface area contributed by atoms with Gasteiger partial charge in [-0.25, -0.2) is 0 Å². The maximum absolute atomic E-state index is 12.4. The molecular weight excluding hydrogens is 421 g/mol. The quantitative estimate of drug-likeness (QED) is 0.293. The van der Waals surface area contributed by atoms with Gasteiger partial charge >= 0.3 is 0 Å². The second-order valence-electron chi connectivity index (χ2n) is 5.83. The molecule has 27 heavy (non-hydrogen) atoms. The summed E-state index contributed by atoms with van der Waals surface area (Å²) >= 11 is 12.5. The topological polar surface area (TPSA) is 38.3 Å². The second kappa shape index (κ2) is 12.6. The van der Waals surface area contributed by atoms with Crippen molar-refractivity contribution in [2.75, 3.05) is 30.5 Å². The summed E-state index contributed by atoms with van der Waals surface area (Å²) in [5.74, 6) is 2.17. The third kappa shape index (κ3) is 7.96. The number of carbonyl (C=O) groups excluding carboxylic acids is 1. The Morgan fingerprint density at radius 3 is 2.48 bits per heavy atom. The lowest BCUT2D eigenvalue weighted by Gasteiger charge is -2.14. The summed E-state index contributed by atoms with van der Waals surface area (Å²) in [6, 6.07) is 13.1. The predicted octanol–water partition coefficient (Wildman–Crippen LogP) is 6.66. The van der Waals surface area contributed by atoms with Gasteiger partial charge in [-0.3, -0.25) is 4.79 Å². The van der Waals surface area contributed by atoms with E-state index in [-0.39, 0.29) is 5.78 Å². The van der Waals surface area contributed by atoms with Crippen molar-refractivity contribution in [3.63, 3.8) is 0 Å². The summed E-state index contributed by atoms with van der Waals surface area (Å²) in [7, 11) is 5.28. The van der Waals surface area contributed by atoms with Crippen LogP contribution < -0.4 is 5.32 Å². The highest BCUT2D eigenvalue weighted by molar-refractivity contribution is 8.76. The number of ketones is 1. The van der Waals surface area contributed by atoms with Gasteiger partial charge in [0.1, 0.15) is 5.78 Å². The van der Waals surface area contributed by atoms with Crippen LogP contribution in [0.15, 0.2) is 42.5 Å². The summed E-state index contributed by atoms with van der Waals surface area (Å²) in [6.45, 7) is 0.760. The highest BCUT2D eigenvalue weighted by atomic mass is 35.5. The van der Waals surface area contributed by atoms with Gasteiger partial charge in [-0.1, -0.05) is 69.1 Å². The molecule has 0 saturated carbocycles. The molecule has 0 fully saturated rings. The molecule has 0 unspecified atom stereocenters. The molecule has 0 amide bonds. The predicted molar refractivity (Wildman–Crippen MR) is 121 cm³/mol. The van der Waals surface area contributed by atoms with E-state index in [2.05, 4.69) is 5.32 Å². The van der Waals surface area contributed by atoms with E-state index in [1.807, 2.05) is 24.3 Å². The van der Waals surface area contributed by atoms with E-state index in [0.29, 0.717) is 28.6 Å². The lowest BCUT2D eigenvalue weighted by molar-refractivity contribution is -0.118. The zero-order valence-electron chi connectivity index (χ0n) is 15.2. The Hall–Kier alpha value is -0.850. The van der Waals surface area contributed by atoms with Crippen LogP contribution in [0.5, 0.6) is 0 Å². The average Bonchev–Trinajstić information content (AvgIpc) is 2.65. The fourth-order valence-corrected chi connectivity index (χ4v) is 4.90. The van der Waals surface area contributed by atoms with Crippen molar-refractivity contribution in [3.05, 3.63) is 58.1 Å². The lowest BCUT2D eigenvalue weighted by Crippen LogP contribution is -2.06. The number of ether oxygens (including phenoxy) is 1. The molecule has 7 heteroatoms. The van der Waals surface area contributed by atoms with Gasteiger partial charge < -0.3 is 10.1 Å². The van der Waals surface area contributed by atoms with Gasteiger partial charge in [-0.2, -0.15) is 0 Å². The Morgan fingerprint density at radius 1 is 1.04 bits per heavy atom. The monoisotopic (exact) mass is 443 g/mol. The van der Waals surface area contributed by atoms with E-state index in [1.165, 1.54) is 0 Å². The minimum absolute atomic E-state index is 0.233. The summed E-state index contributed by atoms with van der Waals surface area (Å²) in [4.78, 5) is 12.4. The van der Waals surface area contributed by atoms with Crippen molar-refractivity contribution in [3.8, 4) is 0 Å². The molecule has 0 aliphatic rings. The molecule has 0 radical (unpaired) electrons. The van der Waals surface area contributed by atoms with Gasteiger partial charge in [-0.15, -0.1) is 0 Å². The van der Waals surface area contributed by atoms with E-state index in [0.717, 1.165) is 35.8 Å². The average molecular weight is 444 g/mol. The number of benzene rings is 2. The number of hydrogen-bond acceptors (Lipinski definition) is 5. The molecule has 0 atom stereocenters. The van der Waals surface area contributed by atoms with Crippen LogP contribution in [-0.4, -0.2) is 31.0 Å². The van der Waals surface area contributed by atoms with Crippen molar-refractivity contribution in [1.29, 1.82) is 0 Å². The molecule has 0 aliphatic heterocycles.